The van der Waals surface area contributed by atoms with Crippen LogP contribution in [0.1, 0.15) is 43.5 Å². The second-order valence-corrected chi connectivity index (χ2v) is 9.63. The van der Waals surface area contributed by atoms with Crippen LogP contribution in [-0.2, 0) is 19.4 Å². The van der Waals surface area contributed by atoms with E-state index in [4.69, 9.17) is 10.5 Å². The highest BCUT2D eigenvalue weighted by Gasteiger charge is 2.34. The highest BCUT2D eigenvalue weighted by molar-refractivity contribution is 7.99. The number of nitrogens with zero attached hydrogens (tertiary/aromatic N) is 3. The topological polar surface area (TPSA) is 133 Å². The molecule has 1 unspecified atom stereocenters. The molecule has 1 aromatic rings. The number of nitrogen functional groups attached to an aromatic ring is 1. The van der Waals surface area contributed by atoms with Gasteiger partial charge in [-0.2, -0.15) is 0 Å². The van der Waals surface area contributed by atoms with Crippen molar-refractivity contribution in [2.24, 2.45) is 0 Å². The van der Waals surface area contributed by atoms with E-state index in [1.165, 1.54) is 6.20 Å². The Balaban J connectivity index is 2.01. The van der Waals surface area contributed by atoms with E-state index in [0.29, 0.717) is 13.0 Å². The first kappa shape index (κ1) is 22.4. The van der Waals surface area contributed by atoms with Crippen LogP contribution in [0.4, 0.5) is 5.82 Å². The predicted octanol–water partition coefficient (Wildman–Crippen LogP) is 1.14. The lowest BCUT2D eigenvalue weighted by Gasteiger charge is -2.28. The molecule has 0 aliphatic carbocycles. The number of amides is 1. The first-order chi connectivity index (χ1) is 13.3. The Kier molecular flexibility index (Phi) is 8.05. The van der Waals surface area contributed by atoms with Gasteiger partial charge < -0.3 is 15.4 Å². The summed E-state index contributed by atoms with van der Waals surface area (Å²) in [6, 6.07) is -0.276. The zero-order valence-electron chi connectivity index (χ0n) is 16.1. The van der Waals surface area contributed by atoms with E-state index in [-0.39, 0.29) is 52.4 Å². The fourth-order valence-corrected chi connectivity index (χ4v) is 5.32. The SMILES string of the molecule is CCCCN(C(=O)CSc1ncc(C(=O)OCC)c(N)n1)C1CCS(=O)(=O)C1. The lowest BCUT2D eigenvalue weighted by Crippen LogP contribution is -2.42. The van der Waals surface area contributed by atoms with Crippen LogP contribution in [-0.4, -0.2) is 71.6 Å². The first-order valence-electron chi connectivity index (χ1n) is 9.19. The van der Waals surface area contributed by atoms with E-state index in [9.17, 15) is 18.0 Å². The molecule has 2 heterocycles. The third-order valence-corrected chi connectivity index (χ3v) is 6.93. The number of anilines is 1. The molecule has 2 N–H and O–H groups in total. The van der Waals surface area contributed by atoms with Crippen LogP contribution in [0.3, 0.4) is 0 Å². The van der Waals surface area contributed by atoms with Gasteiger partial charge in [-0.1, -0.05) is 25.1 Å². The summed E-state index contributed by atoms with van der Waals surface area (Å²) < 4.78 is 28.4. The number of unbranched alkanes of at least 4 members (excludes halogenated alkanes) is 1. The third-order valence-electron chi connectivity index (χ3n) is 4.34. The average Bonchev–Trinajstić information content (AvgIpc) is 3.00. The van der Waals surface area contributed by atoms with Gasteiger partial charge in [0.15, 0.2) is 15.0 Å². The van der Waals surface area contributed by atoms with Gasteiger partial charge in [-0.15, -0.1) is 0 Å². The van der Waals surface area contributed by atoms with Crippen molar-refractivity contribution in [2.75, 3.05) is 36.1 Å². The molecule has 1 atom stereocenters. The van der Waals surface area contributed by atoms with Crippen molar-refractivity contribution in [1.82, 2.24) is 14.9 Å². The molecule has 0 radical (unpaired) electrons. The van der Waals surface area contributed by atoms with Crippen molar-refractivity contribution in [3.63, 3.8) is 0 Å². The van der Waals surface area contributed by atoms with E-state index in [1.807, 2.05) is 6.92 Å². The third kappa shape index (κ3) is 6.06. The molecular formula is C17H26N4O5S2. The highest BCUT2D eigenvalue weighted by atomic mass is 32.2. The molecule has 1 aliphatic heterocycles. The van der Waals surface area contributed by atoms with Crippen LogP contribution < -0.4 is 5.73 Å². The molecule has 0 aromatic carbocycles. The van der Waals surface area contributed by atoms with Crippen LogP contribution in [0.2, 0.25) is 0 Å². The summed E-state index contributed by atoms with van der Waals surface area (Å²) >= 11 is 1.10. The van der Waals surface area contributed by atoms with Gasteiger partial charge in [-0.25, -0.2) is 23.2 Å². The molecule has 1 saturated heterocycles. The van der Waals surface area contributed by atoms with Crippen molar-refractivity contribution < 1.29 is 22.7 Å². The molecule has 1 amide bonds. The van der Waals surface area contributed by atoms with E-state index in [0.717, 1.165) is 24.6 Å². The quantitative estimate of drug-likeness (QED) is 0.348. The number of hydrogen-bond acceptors (Lipinski definition) is 9. The van der Waals surface area contributed by atoms with E-state index in [2.05, 4.69) is 9.97 Å². The van der Waals surface area contributed by atoms with E-state index < -0.39 is 15.8 Å². The van der Waals surface area contributed by atoms with Gasteiger partial charge in [0.25, 0.3) is 0 Å². The zero-order valence-corrected chi connectivity index (χ0v) is 17.7. The minimum Gasteiger partial charge on any atom is -0.462 e. The Bertz CT molecular complexity index is 816. The van der Waals surface area contributed by atoms with Gasteiger partial charge in [0.1, 0.15) is 11.4 Å². The van der Waals surface area contributed by atoms with Crippen LogP contribution in [0.25, 0.3) is 0 Å². The molecule has 0 saturated carbocycles. The Morgan fingerprint density at radius 2 is 2.14 bits per heavy atom. The minimum atomic E-state index is -3.08. The number of hydrogen-bond donors (Lipinski definition) is 1. The summed E-state index contributed by atoms with van der Waals surface area (Å²) in [6.07, 6.45) is 3.47. The number of esters is 1. The number of carbonyl (C=O) groups excluding carboxylic acids is 2. The molecular weight excluding hydrogens is 404 g/mol. The molecule has 156 valence electrons. The second kappa shape index (κ2) is 10.1. The minimum absolute atomic E-state index is 0.00637. The van der Waals surface area contributed by atoms with Gasteiger partial charge in [-0.05, 0) is 19.8 Å². The van der Waals surface area contributed by atoms with Crippen molar-refractivity contribution in [2.45, 2.75) is 44.3 Å². The maximum atomic E-state index is 12.7. The predicted molar refractivity (Wildman–Crippen MR) is 107 cm³/mol. The monoisotopic (exact) mass is 430 g/mol. The average molecular weight is 431 g/mol. The molecule has 0 spiro atoms. The van der Waals surface area contributed by atoms with E-state index >= 15 is 0 Å². The zero-order chi connectivity index (χ0) is 20.7. The standard InChI is InChI=1S/C17H26N4O5S2/c1-3-5-7-21(12-6-8-28(24,25)11-12)14(22)10-27-17-19-9-13(15(18)20-17)16(23)26-4-2/h9,12H,3-8,10-11H2,1-2H3,(H2,18,19,20). The number of aromatic nitrogens is 2. The van der Waals surface area contributed by atoms with Crippen molar-refractivity contribution >= 4 is 39.3 Å². The normalized spacial score (nSPS) is 18.0. The Morgan fingerprint density at radius 3 is 2.71 bits per heavy atom. The van der Waals surface area contributed by atoms with Gasteiger partial charge in [0.05, 0.1) is 23.9 Å². The molecule has 9 nitrogen and oxygen atoms in total. The molecule has 1 fully saturated rings. The molecule has 28 heavy (non-hydrogen) atoms. The van der Waals surface area contributed by atoms with Gasteiger partial charge in [0.2, 0.25) is 5.91 Å². The number of carbonyl (C=O) groups is 2. The van der Waals surface area contributed by atoms with Gasteiger partial charge in [0, 0.05) is 18.8 Å². The number of ether oxygens (including phenoxy) is 1. The summed E-state index contributed by atoms with van der Waals surface area (Å²) in [5, 5.41) is 0.272. The maximum Gasteiger partial charge on any atom is 0.343 e. The summed E-state index contributed by atoms with van der Waals surface area (Å²) in [7, 11) is -3.08. The van der Waals surface area contributed by atoms with Crippen molar-refractivity contribution in [3.05, 3.63) is 11.8 Å². The molecule has 1 aliphatic rings. The fraction of sp³-hybridized carbons (Fsp3) is 0.647. The maximum absolute atomic E-state index is 12.7. The summed E-state index contributed by atoms with van der Waals surface area (Å²) in [5.41, 5.74) is 5.87. The molecule has 0 bridgehead atoms. The number of rotatable bonds is 9. The van der Waals surface area contributed by atoms with Crippen molar-refractivity contribution in [1.29, 1.82) is 0 Å². The Morgan fingerprint density at radius 1 is 1.39 bits per heavy atom. The number of thioether (sulfide) groups is 1. The van der Waals surface area contributed by atoms with E-state index in [1.54, 1.807) is 11.8 Å². The van der Waals surface area contributed by atoms with Crippen LogP contribution in [0.15, 0.2) is 11.4 Å². The summed E-state index contributed by atoms with van der Waals surface area (Å²) in [4.78, 5) is 34.2. The number of sulfone groups is 1. The Labute approximate surface area is 169 Å². The lowest BCUT2D eigenvalue weighted by molar-refractivity contribution is -0.130. The van der Waals surface area contributed by atoms with Crippen LogP contribution >= 0.6 is 11.8 Å². The molecule has 1 aromatic heterocycles. The summed E-state index contributed by atoms with van der Waals surface area (Å²) in [5.74, 6) is -0.551. The van der Waals surface area contributed by atoms with Gasteiger partial charge in [-0.3, -0.25) is 4.79 Å². The van der Waals surface area contributed by atoms with Gasteiger partial charge >= 0.3 is 5.97 Å². The Hall–Kier alpha value is -1.88. The largest absolute Gasteiger partial charge is 0.462 e. The summed E-state index contributed by atoms with van der Waals surface area (Å²) in [6.45, 7) is 4.45. The van der Waals surface area contributed by atoms with Crippen LogP contribution in [0.5, 0.6) is 0 Å². The molecule has 2 rings (SSSR count). The smallest absolute Gasteiger partial charge is 0.343 e. The van der Waals surface area contributed by atoms with Crippen molar-refractivity contribution in [3.8, 4) is 0 Å². The molecule has 11 heteroatoms. The number of nitrogens with two attached hydrogens (primary N) is 1. The first-order valence-corrected chi connectivity index (χ1v) is 12.0. The lowest BCUT2D eigenvalue weighted by atomic mass is 10.2. The second-order valence-electron chi connectivity index (χ2n) is 6.46. The highest BCUT2D eigenvalue weighted by Crippen LogP contribution is 2.22. The fourth-order valence-electron chi connectivity index (χ4n) is 2.88. The van der Waals surface area contributed by atoms with Crippen LogP contribution in [0, 0.1) is 0 Å².